The van der Waals surface area contributed by atoms with E-state index in [2.05, 4.69) is 9.97 Å². The highest BCUT2D eigenvalue weighted by Crippen LogP contribution is 2.05. The minimum absolute atomic E-state index is 0.307. The zero-order valence-corrected chi connectivity index (χ0v) is 10.5. The van der Waals surface area contributed by atoms with Gasteiger partial charge in [-0.3, -0.25) is 4.79 Å². The molecule has 1 heterocycles. The lowest BCUT2D eigenvalue weighted by Gasteiger charge is -2.27. The second-order valence-corrected chi connectivity index (χ2v) is 4.03. The first kappa shape index (κ1) is 14.2. The predicted molar refractivity (Wildman–Crippen MR) is 64.8 cm³/mol. The van der Waals surface area contributed by atoms with E-state index in [1.165, 1.54) is 18.2 Å². The Morgan fingerprint density at radius 2 is 2.28 bits per heavy atom. The number of aromatic amines is 1. The molecule has 4 N–H and O–H groups in total. The van der Waals surface area contributed by atoms with Gasteiger partial charge in [0, 0.05) is 24.9 Å². The second-order valence-electron chi connectivity index (χ2n) is 4.03. The lowest BCUT2D eigenvalue weighted by atomic mass is 10.1. The Morgan fingerprint density at radius 1 is 1.61 bits per heavy atom. The lowest BCUT2D eigenvalue weighted by Crippen LogP contribution is -2.51. The molecule has 1 aromatic rings. The molecule has 0 saturated carbocycles. The van der Waals surface area contributed by atoms with Crippen LogP contribution >= 0.6 is 0 Å². The molecular weight excluding hydrogens is 236 g/mol. The average Bonchev–Trinajstić information content (AvgIpc) is 2.82. The third-order valence-corrected chi connectivity index (χ3v) is 2.76. The van der Waals surface area contributed by atoms with Crippen molar-refractivity contribution in [2.75, 3.05) is 6.54 Å². The minimum atomic E-state index is -1.04. The molecule has 1 rings (SSSR count). The summed E-state index contributed by atoms with van der Waals surface area (Å²) in [7, 11) is 0. The van der Waals surface area contributed by atoms with Crippen LogP contribution in [0.2, 0.25) is 0 Å². The fourth-order valence-corrected chi connectivity index (χ4v) is 1.69. The van der Waals surface area contributed by atoms with Gasteiger partial charge in [-0.15, -0.1) is 0 Å². The molecule has 7 heteroatoms. The van der Waals surface area contributed by atoms with Gasteiger partial charge < -0.3 is 20.7 Å². The number of rotatable bonds is 6. The van der Waals surface area contributed by atoms with Gasteiger partial charge in [0.25, 0.3) is 0 Å². The van der Waals surface area contributed by atoms with E-state index in [-0.39, 0.29) is 5.91 Å². The number of carbonyl (C=O) groups is 2. The van der Waals surface area contributed by atoms with Gasteiger partial charge in [0.15, 0.2) is 0 Å². The first-order valence-electron chi connectivity index (χ1n) is 5.73. The Bertz CT molecular complexity index is 404. The molecule has 0 aliphatic heterocycles. The van der Waals surface area contributed by atoms with E-state index in [1.54, 1.807) is 13.1 Å². The smallest absolute Gasteiger partial charge is 0.326 e. The van der Waals surface area contributed by atoms with Gasteiger partial charge in [-0.2, -0.15) is 0 Å². The molecule has 7 nitrogen and oxygen atoms in total. The highest BCUT2D eigenvalue weighted by Gasteiger charge is 2.28. The van der Waals surface area contributed by atoms with Crippen molar-refractivity contribution in [3.63, 3.8) is 0 Å². The zero-order valence-electron chi connectivity index (χ0n) is 10.5. The van der Waals surface area contributed by atoms with Crippen molar-refractivity contribution in [1.29, 1.82) is 0 Å². The molecule has 0 bridgehead atoms. The van der Waals surface area contributed by atoms with Crippen LogP contribution in [-0.4, -0.2) is 50.5 Å². The number of amides is 1. The number of aliphatic carboxylic acids is 1. The van der Waals surface area contributed by atoms with E-state index in [9.17, 15) is 9.59 Å². The number of hydrogen-bond acceptors (Lipinski definition) is 4. The highest BCUT2D eigenvalue weighted by molar-refractivity contribution is 5.86. The standard InChI is InChI=1S/C11H18N4O3/c1-3-15(7(2)11(17)18)10(16)9(12)4-8-5-13-6-14-8/h5-7,9H,3-4,12H2,1-2H3,(H,13,14)(H,17,18)/t7-,9-/m0/s1. The van der Waals surface area contributed by atoms with Crippen LogP contribution in [0.5, 0.6) is 0 Å². The number of aromatic nitrogens is 2. The van der Waals surface area contributed by atoms with E-state index >= 15 is 0 Å². The number of H-pyrrole nitrogens is 1. The molecule has 2 atom stereocenters. The summed E-state index contributed by atoms with van der Waals surface area (Å²) in [5.74, 6) is -1.42. The van der Waals surface area contributed by atoms with Crippen molar-refractivity contribution >= 4 is 11.9 Å². The molecule has 1 amide bonds. The Morgan fingerprint density at radius 3 is 2.72 bits per heavy atom. The number of carbonyl (C=O) groups excluding carboxylic acids is 1. The maximum absolute atomic E-state index is 12.0. The van der Waals surface area contributed by atoms with E-state index < -0.39 is 18.1 Å². The largest absolute Gasteiger partial charge is 0.480 e. The topological polar surface area (TPSA) is 112 Å². The van der Waals surface area contributed by atoms with Gasteiger partial charge in [0.1, 0.15) is 6.04 Å². The number of carboxylic acid groups (broad SMARTS) is 1. The van der Waals surface area contributed by atoms with Crippen molar-refractivity contribution < 1.29 is 14.7 Å². The maximum atomic E-state index is 12.0. The normalized spacial score (nSPS) is 13.9. The third kappa shape index (κ3) is 3.30. The average molecular weight is 254 g/mol. The van der Waals surface area contributed by atoms with E-state index in [0.717, 1.165) is 5.69 Å². The molecule has 0 aliphatic carbocycles. The van der Waals surface area contributed by atoms with Gasteiger partial charge >= 0.3 is 5.97 Å². The Kier molecular flexibility index (Phi) is 4.85. The second kappa shape index (κ2) is 6.15. The number of nitrogens with two attached hydrogens (primary N) is 1. The van der Waals surface area contributed by atoms with Crippen LogP contribution in [0.25, 0.3) is 0 Å². The van der Waals surface area contributed by atoms with Gasteiger partial charge in [-0.25, -0.2) is 9.78 Å². The number of nitrogens with one attached hydrogen (secondary N) is 1. The third-order valence-electron chi connectivity index (χ3n) is 2.76. The number of likely N-dealkylation sites (N-methyl/N-ethyl adjacent to an activating group) is 1. The van der Waals surface area contributed by atoms with Gasteiger partial charge in [0.2, 0.25) is 5.91 Å². The fourth-order valence-electron chi connectivity index (χ4n) is 1.69. The van der Waals surface area contributed by atoms with Crippen molar-refractivity contribution in [2.24, 2.45) is 5.73 Å². The Balaban J connectivity index is 2.68. The maximum Gasteiger partial charge on any atom is 0.326 e. The lowest BCUT2D eigenvalue weighted by molar-refractivity contribution is -0.149. The molecule has 0 saturated heterocycles. The number of hydrogen-bond donors (Lipinski definition) is 3. The predicted octanol–water partition coefficient (Wildman–Crippen LogP) is -0.399. The van der Waals surface area contributed by atoms with Crippen LogP contribution < -0.4 is 5.73 Å². The van der Waals surface area contributed by atoms with E-state index in [1.807, 2.05) is 0 Å². The Hall–Kier alpha value is -1.89. The summed E-state index contributed by atoms with van der Waals surface area (Å²) in [4.78, 5) is 30.9. The molecule has 0 aliphatic rings. The summed E-state index contributed by atoms with van der Waals surface area (Å²) in [5.41, 5.74) is 6.54. The molecule has 1 aromatic heterocycles. The first-order valence-corrected chi connectivity index (χ1v) is 5.73. The van der Waals surface area contributed by atoms with Crippen LogP contribution in [0.15, 0.2) is 12.5 Å². The van der Waals surface area contributed by atoms with Crippen molar-refractivity contribution in [3.8, 4) is 0 Å². The molecule has 0 radical (unpaired) electrons. The van der Waals surface area contributed by atoms with Gasteiger partial charge in [-0.1, -0.05) is 0 Å². The van der Waals surface area contributed by atoms with E-state index in [0.29, 0.717) is 13.0 Å². The van der Waals surface area contributed by atoms with Crippen LogP contribution in [0, 0.1) is 0 Å². The molecule has 0 fully saturated rings. The minimum Gasteiger partial charge on any atom is -0.480 e. The number of imidazole rings is 1. The quantitative estimate of drug-likeness (QED) is 0.639. The van der Waals surface area contributed by atoms with Crippen LogP contribution in [0.1, 0.15) is 19.5 Å². The summed E-state index contributed by atoms with van der Waals surface area (Å²) in [6.07, 6.45) is 3.40. The van der Waals surface area contributed by atoms with Crippen LogP contribution in [0.3, 0.4) is 0 Å². The van der Waals surface area contributed by atoms with Crippen molar-refractivity contribution in [3.05, 3.63) is 18.2 Å². The van der Waals surface area contributed by atoms with Gasteiger partial charge in [-0.05, 0) is 13.8 Å². The summed E-state index contributed by atoms with van der Waals surface area (Å²) < 4.78 is 0. The van der Waals surface area contributed by atoms with Gasteiger partial charge in [0.05, 0.1) is 12.4 Å². The molecule has 0 unspecified atom stereocenters. The fraction of sp³-hybridized carbons (Fsp3) is 0.545. The molecule has 100 valence electrons. The highest BCUT2D eigenvalue weighted by atomic mass is 16.4. The number of nitrogens with zero attached hydrogens (tertiary/aromatic N) is 2. The van der Waals surface area contributed by atoms with Crippen LogP contribution in [-0.2, 0) is 16.0 Å². The zero-order chi connectivity index (χ0) is 13.7. The van der Waals surface area contributed by atoms with Crippen LogP contribution in [0.4, 0.5) is 0 Å². The molecule has 18 heavy (non-hydrogen) atoms. The first-order chi connectivity index (χ1) is 8.47. The summed E-state index contributed by atoms with van der Waals surface area (Å²) >= 11 is 0. The molecule has 0 aromatic carbocycles. The SMILES string of the molecule is CCN(C(=O)[C@@H](N)Cc1cnc[nH]1)[C@@H](C)C(=O)O. The monoisotopic (exact) mass is 254 g/mol. The molecular formula is C11H18N4O3. The van der Waals surface area contributed by atoms with Crippen molar-refractivity contribution in [2.45, 2.75) is 32.4 Å². The van der Waals surface area contributed by atoms with Crippen molar-refractivity contribution in [1.82, 2.24) is 14.9 Å². The number of carboxylic acids is 1. The summed E-state index contributed by atoms with van der Waals surface area (Å²) in [6.45, 7) is 3.50. The summed E-state index contributed by atoms with van der Waals surface area (Å²) in [5, 5.41) is 8.92. The summed E-state index contributed by atoms with van der Waals surface area (Å²) in [6, 6.07) is -1.65. The molecule has 0 spiro atoms. The Labute approximate surface area is 105 Å². The van der Waals surface area contributed by atoms with E-state index in [4.69, 9.17) is 10.8 Å².